The first-order valence-electron chi connectivity index (χ1n) is 7.52. The number of nitrogens with two attached hydrogens (primary N) is 1. The Morgan fingerprint density at radius 3 is 2.68 bits per heavy atom. The average molecular weight is 323 g/mol. The Hall–Kier alpha value is -0.540. The standard InChI is InChI=1S/C16H23BrN2/c17-14-8-7-12(10-15(14)18)11-19-9-3-6-16(19)13-4-1-2-5-13/h7-8,10,13,16H,1-6,9,11,18H2. The molecule has 2 aliphatic rings. The van der Waals surface area contributed by atoms with E-state index in [1.165, 1.54) is 50.6 Å². The Kier molecular flexibility index (Phi) is 4.13. The van der Waals surface area contributed by atoms with Crippen molar-refractivity contribution in [2.75, 3.05) is 12.3 Å². The monoisotopic (exact) mass is 322 g/mol. The molecular weight excluding hydrogens is 300 g/mol. The molecular formula is C16H23BrN2. The van der Waals surface area contributed by atoms with Gasteiger partial charge in [0.05, 0.1) is 0 Å². The summed E-state index contributed by atoms with van der Waals surface area (Å²) in [5, 5.41) is 0. The van der Waals surface area contributed by atoms with Crippen LogP contribution in [0, 0.1) is 5.92 Å². The summed E-state index contributed by atoms with van der Waals surface area (Å²) in [4.78, 5) is 2.69. The lowest BCUT2D eigenvalue weighted by molar-refractivity contribution is 0.183. The van der Waals surface area contributed by atoms with Crippen molar-refractivity contribution < 1.29 is 0 Å². The molecule has 0 amide bonds. The molecule has 19 heavy (non-hydrogen) atoms. The molecule has 1 saturated carbocycles. The summed E-state index contributed by atoms with van der Waals surface area (Å²) in [6.07, 6.45) is 8.55. The smallest absolute Gasteiger partial charge is 0.0461 e. The highest BCUT2D eigenvalue weighted by molar-refractivity contribution is 9.10. The summed E-state index contributed by atoms with van der Waals surface area (Å²) < 4.78 is 1.00. The van der Waals surface area contributed by atoms with Gasteiger partial charge in [0.2, 0.25) is 0 Å². The van der Waals surface area contributed by atoms with Crippen molar-refractivity contribution in [2.45, 2.75) is 51.1 Å². The van der Waals surface area contributed by atoms with E-state index in [2.05, 4.69) is 39.0 Å². The number of rotatable bonds is 3. The van der Waals surface area contributed by atoms with Crippen LogP contribution in [0.1, 0.15) is 44.1 Å². The molecule has 2 N–H and O–H groups in total. The first-order chi connectivity index (χ1) is 9.24. The number of nitrogen functional groups attached to an aromatic ring is 1. The van der Waals surface area contributed by atoms with Crippen LogP contribution >= 0.6 is 15.9 Å². The third kappa shape index (κ3) is 2.97. The average Bonchev–Trinajstić information content (AvgIpc) is 3.04. The Labute approximate surface area is 124 Å². The predicted octanol–water partition coefficient (Wildman–Crippen LogP) is 4.19. The van der Waals surface area contributed by atoms with Crippen LogP contribution in [-0.2, 0) is 6.54 Å². The summed E-state index contributed by atoms with van der Waals surface area (Å²) in [6.45, 7) is 2.33. The van der Waals surface area contributed by atoms with Crippen LogP contribution < -0.4 is 5.73 Å². The lowest BCUT2D eigenvalue weighted by Gasteiger charge is -2.29. The van der Waals surface area contributed by atoms with E-state index in [0.29, 0.717) is 0 Å². The van der Waals surface area contributed by atoms with Crippen LogP contribution in [0.2, 0.25) is 0 Å². The second kappa shape index (κ2) is 5.84. The van der Waals surface area contributed by atoms with E-state index in [1.807, 2.05) is 0 Å². The number of hydrogen-bond acceptors (Lipinski definition) is 2. The van der Waals surface area contributed by atoms with Crippen molar-refractivity contribution in [3.63, 3.8) is 0 Å². The van der Waals surface area contributed by atoms with E-state index in [1.54, 1.807) is 0 Å². The van der Waals surface area contributed by atoms with Gasteiger partial charge in [0.1, 0.15) is 0 Å². The molecule has 1 saturated heterocycles. The van der Waals surface area contributed by atoms with E-state index in [-0.39, 0.29) is 0 Å². The lowest BCUT2D eigenvalue weighted by atomic mass is 9.96. The van der Waals surface area contributed by atoms with E-state index in [9.17, 15) is 0 Å². The zero-order chi connectivity index (χ0) is 13.2. The fraction of sp³-hybridized carbons (Fsp3) is 0.625. The minimum absolute atomic E-state index is 0.826. The largest absolute Gasteiger partial charge is 0.398 e. The third-order valence-electron chi connectivity index (χ3n) is 4.80. The second-order valence-electron chi connectivity index (χ2n) is 6.08. The Balaban J connectivity index is 1.69. The molecule has 1 heterocycles. The zero-order valence-corrected chi connectivity index (χ0v) is 13.0. The Morgan fingerprint density at radius 1 is 1.16 bits per heavy atom. The van der Waals surface area contributed by atoms with E-state index < -0.39 is 0 Å². The fourth-order valence-corrected chi connectivity index (χ4v) is 4.10. The van der Waals surface area contributed by atoms with E-state index in [4.69, 9.17) is 5.73 Å². The van der Waals surface area contributed by atoms with Crippen molar-refractivity contribution in [3.8, 4) is 0 Å². The minimum Gasteiger partial charge on any atom is -0.398 e. The van der Waals surface area contributed by atoms with Gasteiger partial charge in [-0.1, -0.05) is 18.9 Å². The summed E-state index contributed by atoms with van der Waals surface area (Å²) in [7, 11) is 0. The molecule has 1 aliphatic heterocycles. The van der Waals surface area contributed by atoms with Crippen molar-refractivity contribution >= 4 is 21.6 Å². The maximum absolute atomic E-state index is 5.99. The second-order valence-corrected chi connectivity index (χ2v) is 6.93. The van der Waals surface area contributed by atoms with Crippen LogP contribution in [0.3, 0.4) is 0 Å². The Morgan fingerprint density at radius 2 is 1.95 bits per heavy atom. The molecule has 0 aromatic heterocycles. The number of nitrogens with zero attached hydrogens (tertiary/aromatic N) is 1. The van der Waals surface area contributed by atoms with Crippen LogP contribution in [0.15, 0.2) is 22.7 Å². The molecule has 0 bridgehead atoms. The van der Waals surface area contributed by atoms with Gasteiger partial charge in [-0.2, -0.15) is 0 Å². The maximum atomic E-state index is 5.99. The number of halogens is 1. The Bertz CT molecular complexity index is 440. The highest BCUT2D eigenvalue weighted by Gasteiger charge is 2.32. The normalized spacial score (nSPS) is 25.2. The van der Waals surface area contributed by atoms with Gasteiger partial charge < -0.3 is 5.73 Å². The summed E-state index contributed by atoms with van der Waals surface area (Å²) in [6, 6.07) is 7.22. The highest BCUT2D eigenvalue weighted by Crippen LogP contribution is 2.36. The third-order valence-corrected chi connectivity index (χ3v) is 5.53. The summed E-state index contributed by atoms with van der Waals surface area (Å²) >= 11 is 3.47. The predicted molar refractivity (Wildman–Crippen MR) is 83.9 cm³/mol. The van der Waals surface area contributed by atoms with Crippen LogP contribution in [0.5, 0.6) is 0 Å². The van der Waals surface area contributed by atoms with Gasteiger partial charge in [-0.25, -0.2) is 0 Å². The molecule has 1 aromatic rings. The molecule has 3 rings (SSSR count). The number of anilines is 1. The molecule has 3 heteroatoms. The van der Waals surface area contributed by atoms with Crippen LogP contribution in [0.25, 0.3) is 0 Å². The van der Waals surface area contributed by atoms with Crippen LogP contribution in [0.4, 0.5) is 5.69 Å². The van der Waals surface area contributed by atoms with Crippen molar-refractivity contribution in [1.82, 2.24) is 4.90 Å². The number of hydrogen-bond donors (Lipinski definition) is 1. The fourth-order valence-electron chi connectivity index (χ4n) is 3.85. The minimum atomic E-state index is 0.826. The van der Waals surface area contributed by atoms with Gasteiger partial charge in [-0.3, -0.25) is 4.90 Å². The maximum Gasteiger partial charge on any atom is 0.0461 e. The van der Waals surface area contributed by atoms with Gasteiger partial charge in [0.25, 0.3) is 0 Å². The van der Waals surface area contributed by atoms with Gasteiger partial charge in [0, 0.05) is 22.7 Å². The molecule has 2 nitrogen and oxygen atoms in total. The molecule has 104 valence electrons. The summed E-state index contributed by atoms with van der Waals surface area (Å²) in [5.74, 6) is 0.954. The number of benzene rings is 1. The lowest BCUT2D eigenvalue weighted by Crippen LogP contribution is -2.34. The first kappa shape index (κ1) is 13.4. The van der Waals surface area contributed by atoms with E-state index >= 15 is 0 Å². The molecule has 0 radical (unpaired) electrons. The molecule has 1 unspecified atom stereocenters. The first-order valence-corrected chi connectivity index (χ1v) is 8.31. The molecule has 2 fully saturated rings. The van der Waals surface area contributed by atoms with Gasteiger partial charge in [-0.15, -0.1) is 0 Å². The molecule has 1 aliphatic carbocycles. The molecule has 0 spiro atoms. The van der Waals surface area contributed by atoms with Crippen LogP contribution in [-0.4, -0.2) is 17.5 Å². The van der Waals surface area contributed by atoms with Crippen molar-refractivity contribution in [2.24, 2.45) is 5.92 Å². The van der Waals surface area contributed by atoms with Crippen molar-refractivity contribution in [3.05, 3.63) is 28.2 Å². The topological polar surface area (TPSA) is 29.3 Å². The highest BCUT2D eigenvalue weighted by atomic mass is 79.9. The quantitative estimate of drug-likeness (QED) is 0.845. The van der Waals surface area contributed by atoms with Gasteiger partial charge in [0.15, 0.2) is 0 Å². The molecule has 1 aromatic carbocycles. The van der Waals surface area contributed by atoms with Gasteiger partial charge >= 0.3 is 0 Å². The summed E-state index contributed by atoms with van der Waals surface area (Å²) in [5.41, 5.74) is 8.19. The zero-order valence-electron chi connectivity index (χ0n) is 11.4. The van der Waals surface area contributed by atoms with Crippen molar-refractivity contribution in [1.29, 1.82) is 0 Å². The SMILES string of the molecule is Nc1cc(CN2CCCC2C2CCCC2)ccc1Br. The number of likely N-dealkylation sites (tertiary alicyclic amines) is 1. The van der Waals surface area contributed by atoms with Gasteiger partial charge in [-0.05, 0) is 71.8 Å². The van der Waals surface area contributed by atoms with E-state index in [0.717, 1.165) is 28.7 Å². The molecule has 1 atom stereocenters.